The second-order valence-electron chi connectivity index (χ2n) is 4.44. The number of thiophene rings is 1. The van der Waals surface area contributed by atoms with Crippen molar-refractivity contribution >= 4 is 54.9 Å². The molecule has 1 atom stereocenters. The molecule has 2 rings (SSSR count). The van der Waals surface area contributed by atoms with E-state index in [0.717, 1.165) is 27.0 Å². The van der Waals surface area contributed by atoms with Gasteiger partial charge in [0.05, 0.1) is 13.1 Å². The fourth-order valence-corrected chi connectivity index (χ4v) is 5.07. The van der Waals surface area contributed by atoms with E-state index in [1.807, 2.05) is 11.0 Å². The zero-order valence-corrected chi connectivity index (χ0v) is 13.9. The van der Waals surface area contributed by atoms with Crippen LogP contribution >= 0.6 is 43.2 Å². The van der Waals surface area contributed by atoms with Gasteiger partial charge in [0.25, 0.3) is 5.91 Å². The van der Waals surface area contributed by atoms with Crippen LogP contribution in [0.3, 0.4) is 0 Å². The normalized spacial score (nSPS) is 19.3. The highest BCUT2D eigenvalue weighted by Crippen LogP contribution is 2.34. The Bertz CT molecular complexity index is 486. The van der Waals surface area contributed by atoms with Crippen LogP contribution in [0.15, 0.2) is 13.6 Å². The molecule has 1 aromatic heterocycles. The third-order valence-electron chi connectivity index (χ3n) is 3.05. The van der Waals surface area contributed by atoms with Gasteiger partial charge in [-0.3, -0.25) is 9.59 Å². The van der Waals surface area contributed by atoms with Gasteiger partial charge in [0.1, 0.15) is 5.78 Å². The number of hydrogen-bond acceptors (Lipinski definition) is 3. The number of Topliss-reactive ketones (excluding diaryl/α,β-unsaturated/α-hetero) is 1. The maximum atomic E-state index is 12.4. The fraction of sp³-hybridized carbons (Fsp3) is 0.500. The maximum Gasteiger partial charge on any atom is 0.256 e. The zero-order valence-electron chi connectivity index (χ0n) is 9.91. The van der Waals surface area contributed by atoms with Crippen molar-refractivity contribution in [1.82, 2.24) is 4.90 Å². The van der Waals surface area contributed by atoms with E-state index in [1.54, 1.807) is 6.92 Å². The molecule has 1 unspecified atom stereocenters. The van der Waals surface area contributed by atoms with E-state index in [0.29, 0.717) is 12.0 Å². The number of likely N-dealkylation sites (tertiary alicyclic amines) is 1. The van der Waals surface area contributed by atoms with Crippen molar-refractivity contribution in [2.45, 2.75) is 32.2 Å². The van der Waals surface area contributed by atoms with Gasteiger partial charge in [-0.2, -0.15) is 0 Å². The van der Waals surface area contributed by atoms with Crippen molar-refractivity contribution in [1.29, 1.82) is 0 Å². The van der Waals surface area contributed by atoms with Gasteiger partial charge in [-0.25, -0.2) is 0 Å². The third kappa shape index (κ3) is 3.03. The lowest BCUT2D eigenvalue weighted by molar-refractivity contribution is -0.117. The monoisotopic (exact) mass is 393 g/mol. The molecule has 0 bridgehead atoms. The second-order valence-corrected chi connectivity index (χ2v) is 8.19. The zero-order chi connectivity index (χ0) is 13.3. The first kappa shape index (κ1) is 14.2. The molecule has 1 saturated heterocycles. The van der Waals surface area contributed by atoms with Crippen LogP contribution in [0.1, 0.15) is 36.5 Å². The van der Waals surface area contributed by atoms with Crippen molar-refractivity contribution in [2.75, 3.05) is 6.54 Å². The van der Waals surface area contributed by atoms with Gasteiger partial charge < -0.3 is 4.90 Å². The molecule has 3 nitrogen and oxygen atoms in total. The summed E-state index contributed by atoms with van der Waals surface area (Å²) in [6.45, 7) is 2.33. The Morgan fingerprint density at radius 3 is 2.78 bits per heavy atom. The molecule has 1 aliphatic heterocycles. The van der Waals surface area contributed by atoms with Crippen LogP contribution in [-0.4, -0.2) is 29.2 Å². The summed E-state index contributed by atoms with van der Waals surface area (Å²) >= 11 is 8.28. The van der Waals surface area contributed by atoms with Gasteiger partial charge in [-0.1, -0.05) is 0 Å². The third-order valence-corrected chi connectivity index (χ3v) is 5.39. The number of carbonyl (C=O) groups excluding carboxylic acids is 2. The summed E-state index contributed by atoms with van der Waals surface area (Å²) in [6, 6.07) is 1.90. The molecule has 0 aromatic carbocycles. The smallest absolute Gasteiger partial charge is 0.256 e. The van der Waals surface area contributed by atoms with Gasteiger partial charge in [-0.05, 0) is 57.7 Å². The van der Waals surface area contributed by atoms with Crippen LogP contribution < -0.4 is 0 Å². The molecular weight excluding hydrogens is 382 g/mol. The minimum Gasteiger partial charge on any atom is -0.335 e. The van der Waals surface area contributed by atoms with Gasteiger partial charge in [0.2, 0.25) is 0 Å². The van der Waals surface area contributed by atoms with Crippen LogP contribution in [-0.2, 0) is 4.79 Å². The van der Waals surface area contributed by atoms with Gasteiger partial charge in [-0.15, -0.1) is 11.3 Å². The lowest BCUT2D eigenvalue weighted by atomic mass is 10.1. The molecule has 1 amide bonds. The van der Waals surface area contributed by atoms with Crippen molar-refractivity contribution in [3.8, 4) is 0 Å². The summed E-state index contributed by atoms with van der Waals surface area (Å²) in [5.41, 5.74) is 0.683. The van der Waals surface area contributed by atoms with Crippen LogP contribution in [0.5, 0.6) is 0 Å². The molecule has 98 valence electrons. The van der Waals surface area contributed by atoms with E-state index in [2.05, 4.69) is 31.9 Å². The van der Waals surface area contributed by atoms with Crippen molar-refractivity contribution in [2.24, 2.45) is 0 Å². The molecule has 1 aliphatic rings. The molecule has 0 N–H and O–H groups in total. The van der Waals surface area contributed by atoms with Crippen LogP contribution in [0.4, 0.5) is 0 Å². The Morgan fingerprint density at radius 2 is 2.22 bits per heavy atom. The Morgan fingerprint density at radius 1 is 1.50 bits per heavy atom. The lowest BCUT2D eigenvalue weighted by Crippen LogP contribution is -2.36. The summed E-state index contributed by atoms with van der Waals surface area (Å²) < 4.78 is 1.77. The number of halogens is 2. The maximum absolute atomic E-state index is 12.4. The largest absolute Gasteiger partial charge is 0.335 e. The highest BCUT2D eigenvalue weighted by atomic mass is 79.9. The van der Waals surface area contributed by atoms with Crippen molar-refractivity contribution in [3.05, 3.63) is 19.2 Å². The highest BCUT2D eigenvalue weighted by Gasteiger charge is 2.31. The Labute approximate surface area is 127 Å². The van der Waals surface area contributed by atoms with Crippen LogP contribution in [0, 0.1) is 0 Å². The minimum absolute atomic E-state index is 0.0209. The van der Waals surface area contributed by atoms with Gasteiger partial charge in [0, 0.05) is 19.0 Å². The number of hydrogen-bond donors (Lipinski definition) is 0. The van der Waals surface area contributed by atoms with E-state index < -0.39 is 0 Å². The number of rotatable bonds is 3. The molecule has 0 aliphatic carbocycles. The molecule has 18 heavy (non-hydrogen) atoms. The van der Waals surface area contributed by atoms with E-state index in [1.165, 1.54) is 11.3 Å². The molecule has 0 spiro atoms. The van der Waals surface area contributed by atoms with E-state index in [9.17, 15) is 9.59 Å². The summed E-state index contributed by atoms with van der Waals surface area (Å²) in [5.74, 6) is 0.165. The Kier molecular flexibility index (Phi) is 4.61. The average Bonchev–Trinajstić information content (AvgIpc) is 2.83. The lowest BCUT2D eigenvalue weighted by Gasteiger charge is -2.23. The second kappa shape index (κ2) is 5.84. The van der Waals surface area contributed by atoms with Crippen molar-refractivity contribution < 1.29 is 9.59 Å². The first-order valence-corrected chi connectivity index (χ1v) is 8.14. The average molecular weight is 395 g/mol. The Balaban J connectivity index is 2.17. The number of nitrogens with zero attached hydrogens (tertiary/aromatic N) is 1. The predicted octanol–water partition coefficient (Wildman–Crippen LogP) is 3.86. The quantitative estimate of drug-likeness (QED) is 0.780. The molecule has 0 saturated carbocycles. The minimum atomic E-state index is 0.0209. The van der Waals surface area contributed by atoms with E-state index >= 15 is 0 Å². The molecule has 1 aromatic rings. The summed E-state index contributed by atoms with van der Waals surface area (Å²) in [5, 5.41) is 0. The highest BCUT2D eigenvalue weighted by molar-refractivity contribution is 9.12. The molecule has 2 heterocycles. The number of amides is 1. The van der Waals surface area contributed by atoms with Crippen molar-refractivity contribution in [3.63, 3.8) is 0 Å². The number of ketones is 1. The van der Waals surface area contributed by atoms with Gasteiger partial charge in [0.15, 0.2) is 0 Å². The number of carbonyl (C=O) groups is 2. The fourth-order valence-electron chi connectivity index (χ4n) is 2.29. The molecular formula is C12H13Br2NO2S. The van der Waals surface area contributed by atoms with E-state index in [4.69, 9.17) is 0 Å². The summed E-state index contributed by atoms with van der Waals surface area (Å²) in [4.78, 5) is 25.5. The topological polar surface area (TPSA) is 37.4 Å². The van der Waals surface area contributed by atoms with Crippen LogP contribution in [0.2, 0.25) is 0 Å². The predicted molar refractivity (Wildman–Crippen MR) is 79.1 cm³/mol. The Hall–Kier alpha value is -0.200. The molecule has 6 heteroatoms. The molecule has 1 fully saturated rings. The SMILES string of the molecule is CC(=O)CC1CCCN1C(=O)c1cc(Br)sc1Br. The molecule has 0 radical (unpaired) electrons. The van der Waals surface area contributed by atoms with Crippen LogP contribution in [0.25, 0.3) is 0 Å². The summed E-state index contributed by atoms with van der Waals surface area (Å²) in [7, 11) is 0. The first-order valence-electron chi connectivity index (χ1n) is 5.74. The standard InChI is InChI=1S/C12H13Br2NO2S/c1-7(16)5-8-3-2-4-15(8)12(17)9-6-10(13)18-11(9)14/h6,8H,2-5H2,1H3. The van der Waals surface area contributed by atoms with Gasteiger partial charge >= 0.3 is 0 Å². The first-order chi connectivity index (χ1) is 8.49. The summed E-state index contributed by atoms with van der Waals surface area (Å²) in [6.07, 6.45) is 2.37. The van der Waals surface area contributed by atoms with E-state index in [-0.39, 0.29) is 17.7 Å².